The van der Waals surface area contributed by atoms with E-state index in [0.29, 0.717) is 11.8 Å². The van der Waals surface area contributed by atoms with E-state index in [-0.39, 0.29) is 5.54 Å². The van der Waals surface area contributed by atoms with Gasteiger partial charge in [0, 0.05) is 5.92 Å². The second-order valence-corrected chi connectivity index (χ2v) is 6.53. The predicted molar refractivity (Wildman–Crippen MR) is 79.8 cm³/mol. The minimum Gasteiger partial charge on any atom is -0.337 e. The summed E-state index contributed by atoms with van der Waals surface area (Å²) in [7, 11) is 0. The molecule has 1 aromatic heterocycles. The van der Waals surface area contributed by atoms with Crippen LogP contribution in [0, 0.1) is 0 Å². The Kier molecular flexibility index (Phi) is 3.07. The highest BCUT2D eigenvalue weighted by atomic mass is 16.5. The van der Waals surface area contributed by atoms with Crippen LogP contribution in [0.3, 0.4) is 0 Å². The molecule has 1 heterocycles. The molecule has 2 aliphatic carbocycles. The van der Waals surface area contributed by atoms with Gasteiger partial charge in [0.05, 0.1) is 5.54 Å². The molecule has 0 aliphatic heterocycles. The van der Waals surface area contributed by atoms with Gasteiger partial charge in [-0.25, -0.2) is 0 Å². The standard InChI is InChI=1S/C17H21N3O/c18-17(9-3-4-10-17)16-19-15(20-21-16)14-8-7-12-5-1-2-6-13(12)11-14/h1-2,5-6,14H,3-4,7-11,18H2. The Labute approximate surface area is 124 Å². The first kappa shape index (κ1) is 13.0. The van der Waals surface area contributed by atoms with Crippen LogP contribution in [0.1, 0.15) is 60.9 Å². The van der Waals surface area contributed by atoms with Crippen molar-refractivity contribution in [3.8, 4) is 0 Å². The van der Waals surface area contributed by atoms with Gasteiger partial charge in [-0.05, 0) is 43.2 Å². The van der Waals surface area contributed by atoms with Gasteiger partial charge in [0.25, 0.3) is 0 Å². The molecule has 1 atom stereocenters. The molecule has 0 amide bonds. The van der Waals surface area contributed by atoms with Gasteiger partial charge in [-0.2, -0.15) is 4.98 Å². The van der Waals surface area contributed by atoms with Crippen molar-refractivity contribution in [2.45, 2.75) is 56.4 Å². The Morgan fingerprint density at radius 3 is 2.71 bits per heavy atom. The topological polar surface area (TPSA) is 64.9 Å². The SMILES string of the molecule is NC1(c2nc(C3CCc4ccccc4C3)no2)CCCC1. The molecule has 2 aromatic rings. The lowest BCUT2D eigenvalue weighted by Gasteiger charge is -2.22. The zero-order valence-corrected chi connectivity index (χ0v) is 12.2. The zero-order valence-electron chi connectivity index (χ0n) is 12.2. The predicted octanol–water partition coefficient (Wildman–Crippen LogP) is 3.07. The molecule has 0 radical (unpaired) electrons. The number of hydrogen-bond donors (Lipinski definition) is 1. The van der Waals surface area contributed by atoms with Crippen LogP contribution in [0.5, 0.6) is 0 Å². The molecule has 0 saturated heterocycles. The van der Waals surface area contributed by atoms with Crippen LogP contribution in [-0.4, -0.2) is 10.1 Å². The first-order chi connectivity index (χ1) is 10.2. The summed E-state index contributed by atoms with van der Waals surface area (Å²) in [4.78, 5) is 4.66. The number of fused-ring (bicyclic) bond motifs is 1. The van der Waals surface area contributed by atoms with Crippen molar-refractivity contribution in [3.63, 3.8) is 0 Å². The molecule has 2 aliphatic rings. The molecule has 1 fully saturated rings. The van der Waals surface area contributed by atoms with E-state index in [9.17, 15) is 0 Å². The van der Waals surface area contributed by atoms with Crippen molar-refractivity contribution in [3.05, 3.63) is 47.1 Å². The molecule has 1 aromatic carbocycles. The highest BCUT2D eigenvalue weighted by Crippen LogP contribution is 2.37. The van der Waals surface area contributed by atoms with Crippen LogP contribution in [0.15, 0.2) is 28.8 Å². The summed E-state index contributed by atoms with van der Waals surface area (Å²) in [6, 6.07) is 8.66. The quantitative estimate of drug-likeness (QED) is 0.920. The lowest BCUT2D eigenvalue weighted by Crippen LogP contribution is -2.33. The van der Waals surface area contributed by atoms with Crippen molar-refractivity contribution >= 4 is 0 Å². The maximum absolute atomic E-state index is 6.40. The molecule has 4 nitrogen and oxygen atoms in total. The molecule has 0 spiro atoms. The molecule has 21 heavy (non-hydrogen) atoms. The summed E-state index contributed by atoms with van der Waals surface area (Å²) in [5.41, 5.74) is 8.91. The molecular formula is C17H21N3O. The van der Waals surface area contributed by atoms with E-state index in [0.717, 1.165) is 50.8 Å². The highest BCUT2D eigenvalue weighted by molar-refractivity contribution is 5.31. The maximum Gasteiger partial charge on any atom is 0.246 e. The lowest BCUT2D eigenvalue weighted by molar-refractivity contribution is 0.282. The summed E-state index contributed by atoms with van der Waals surface area (Å²) >= 11 is 0. The summed E-state index contributed by atoms with van der Waals surface area (Å²) in [5.74, 6) is 1.85. The minimum absolute atomic E-state index is 0.363. The van der Waals surface area contributed by atoms with Crippen LogP contribution in [-0.2, 0) is 18.4 Å². The lowest BCUT2D eigenvalue weighted by atomic mass is 9.83. The fourth-order valence-electron chi connectivity index (χ4n) is 3.74. The van der Waals surface area contributed by atoms with Gasteiger partial charge in [-0.1, -0.05) is 42.3 Å². The summed E-state index contributed by atoms with van der Waals surface area (Å²) < 4.78 is 5.51. The molecule has 4 heteroatoms. The Balaban J connectivity index is 1.57. The fraction of sp³-hybridized carbons (Fsp3) is 0.529. The van der Waals surface area contributed by atoms with Crippen molar-refractivity contribution < 1.29 is 4.52 Å². The maximum atomic E-state index is 6.40. The molecule has 0 bridgehead atoms. The number of rotatable bonds is 2. The third kappa shape index (κ3) is 2.27. The number of nitrogens with zero attached hydrogens (tertiary/aromatic N) is 2. The molecule has 1 unspecified atom stereocenters. The molecule has 1 saturated carbocycles. The van der Waals surface area contributed by atoms with E-state index >= 15 is 0 Å². The number of benzene rings is 1. The number of aryl methyl sites for hydroxylation is 1. The average Bonchev–Trinajstić information content (AvgIpc) is 3.17. The van der Waals surface area contributed by atoms with Gasteiger partial charge >= 0.3 is 0 Å². The largest absolute Gasteiger partial charge is 0.337 e. The average molecular weight is 283 g/mol. The summed E-state index contributed by atoms with van der Waals surface area (Å²) in [6.07, 6.45) is 7.43. The highest BCUT2D eigenvalue weighted by Gasteiger charge is 2.37. The van der Waals surface area contributed by atoms with Crippen LogP contribution in [0.25, 0.3) is 0 Å². The van der Waals surface area contributed by atoms with Crippen molar-refractivity contribution in [1.82, 2.24) is 10.1 Å². The van der Waals surface area contributed by atoms with Crippen LogP contribution in [0.2, 0.25) is 0 Å². The monoisotopic (exact) mass is 283 g/mol. The summed E-state index contributed by atoms with van der Waals surface area (Å²) in [5, 5.41) is 4.24. The van der Waals surface area contributed by atoms with Crippen molar-refractivity contribution in [1.29, 1.82) is 0 Å². The Bertz CT molecular complexity index is 643. The number of nitrogens with two attached hydrogens (primary N) is 1. The fourth-order valence-corrected chi connectivity index (χ4v) is 3.74. The minimum atomic E-state index is -0.377. The van der Waals surface area contributed by atoms with E-state index in [2.05, 4.69) is 34.4 Å². The van der Waals surface area contributed by atoms with Gasteiger partial charge in [0.15, 0.2) is 5.82 Å². The molecular weight excluding hydrogens is 262 g/mol. The van der Waals surface area contributed by atoms with E-state index < -0.39 is 0 Å². The summed E-state index contributed by atoms with van der Waals surface area (Å²) in [6.45, 7) is 0. The number of aromatic nitrogens is 2. The van der Waals surface area contributed by atoms with E-state index in [1.165, 1.54) is 11.1 Å². The second-order valence-electron chi connectivity index (χ2n) is 6.53. The Morgan fingerprint density at radius 1 is 1.14 bits per heavy atom. The molecule has 2 N–H and O–H groups in total. The van der Waals surface area contributed by atoms with Gasteiger partial charge in [-0.3, -0.25) is 0 Å². The van der Waals surface area contributed by atoms with Crippen LogP contribution >= 0.6 is 0 Å². The smallest absolute Gasteiger partial charge is 0.246 e. The first-order valence-corrected chi connectivity index (χ1v) is 7.94. The zero-order chi connectivity index (χ0) is 14.3. The third-order valence-corrected chi connectivity index (χ3v) is 5.08. The van der Waals surface area contributed by atoms with Crippen molar-refractivity contribution in [2.24, 2.45) is 5.73 Å². The van der Waals surface area contributed by atoms with Gasteiger partial charge in [0.1, 0.15) is 0 Å². The van der Waals surface area contributed by atoms with E-state index in [4.69, 9.17) is 10.3 Å². The molecule has 110 valence electrons. The van der Waals surface area contributed by atoms with Crippen molar-refractivity contribution in [2.75, 3.05) is 0 Å². The first-order valence-electron chi connectivity index (χ1n) is 7.94. The van der Waals surface area contributed by atoms with E-state index in [1.54, 1.807) is 0 Å². The Morgan fingerprint density at radius 2 is 1.90 bits per heavy atom. The molecule has 4 rings (SSSR count). The normalized spacial score (nSPS) is 24.0. The number of hydrogen-bond acceptors (Lipinski definition) is 4. The van der Waals surface area contributed by atoms with E-state index in [1.807, 2.05) is 0 Å². The van der Waals surface area contributed by atoms with Gasteiger partial charge < -0.3 is 10.3 Å². The Hall–Kier alpha value is -1.68. The third-order valence-electron chi connectivity index (χ3n) is 5.08. The van der Waals surface area contributed by atoms with Crippen LogP contribution < -0.4 is 5.73 Å². The van der Waals surface area contributed by atoms with Gasteiger partial charge in [-0.15, -0.1) is 0 Å². The second kappa shape index (κ2) is 4.95. The van der Waals surface area contributed by atoms with Gasteiger partial charge in [0.2, 0.25) is 5.89 Å². The van der Waals surface area contributed by atoms with Crippen LogP contribution in [0.4, 0.5) is 0 Å².